The summed E-state index contributed by atoms with van der Waals surface area (Å²) in [5.74, 6) is 0. The van der Waals surface area contributed by atoms with E-state index in [1.807, 2.05) is 0 Å². The van der Waals surface area contributed by atoms with Crippen LogP contribution in [0.15, 0.2) is 0 Å². The van der Waals surface area contributed by atoms with Crippen molar-refractivity contribution in [3.8, 4) is 0 Å². The molecule has 28 valence electrons. The molecule has 0 aliphatic carbocycles. The van der Waals surface area contributed by atoms with Crippen molar-refractivity contribution < 1.29 is 24.0 Å². The average Bonchev–Trinajstić information content (AvgIpc) is 0.811. The van der Waals surface area contributed by atoms with Crippen LogP contribution in [0.1, 0.15) is 6.92 Å². The summed E-state index contributed by atoms with van der Waals surface area (Å²) in [5.41, 5.74) is 0. The minimum atomic E-state index is -0.167. The molecule has 0 spiro atoms. The standard InChI is InChI=1S/C2H5O.Ir/c1-2-3;/h2-3H,1H3;. The van der Waals surface area contributed by atoms with Gasteiger partial charge < -0.3 is 0 Å². The summed E-state index contributed by atoms with van der Waals surface area (Å²) < 4.78 is -0.167. The average molecular weight is 237 g/mol. The number of aliphatic hydroxyl groups excluding tert-OH is 1. The quantitative estimate of drug-likeness (QED) is 0.622. The van der Waals surface area contributed by atoms with Gasteiger partial charge in [-0.15, -0.1) is 0 Å². The molecule has 2 heteroatoms. The van der Waals surface area contributed by atoms with E-state index in [-0.39, 0.29) is 4.62 Å². The van der Waals surface area contributed by atoms with Crippen molar-refractivity contribution in [2.75, 3.05) is 0 Å². The molecular weight excluding hydrogens is 232 g/mol. The molecular formula is C2H5IrO. The zero-order valence-corrected chi connectivity index (χ0v) is 4.75. The van der Waals surface area contributed by atoms with Crippen molar-refractivity contribution >= 4 is 0 Å². The summed E-state index contributed by atoms with van der Waals surface area (Å²) in [5, 5.41) is 8.06. The van der Waals surface area contributed by atoms with Crippen LogP contribution in [-0.4, -0.2) is 9.72 Å². The van der Waals surface area contributed by atoms with Crippen molar-refractivity contribution in [1.29, 1.82) is 0 Å². The van der Waals surface area contributed by atoms with Gasteiger partial charge in [0, 0.05) is 0 Å². The SMILES string of the molecule is C[CH](O)[Ir]. The second-order valence-corrected chi connectivity index (χ2v) is 2.54. The van der Waals surface area contributed by atoms with E-state index in [9.17, 15) is 0 Å². The Morgan fingerprint density at radius 2 is 2.00 bits per heavy atom. The van der Waals surface area contributed by atoms with E-state index in [4.69, 9.17) is 5.11 Å². The van der Waals surface area contributed by atoms with E-state index < -0.39 is 0 Å². The molecule has 0 aromatic heterocycles. The molecule has 0 amide bonds. The van der Waals surface area contributed by atoms with E-state index in [2.05, 4.69) is 0 Å². The summed E-state index contributed by atoms with van der Waals surface area (Å²) in [4.78, 5) is 0. The maximum atomic E-state index is 8.06. The summed E-state index contributed by atoms with van der Waals surface area (Å²) in [6, 6.07) is 0. The van der Waals surface area contributed by atoms with Gasteiger partial charge in [0.2, 0.25) is 0 Å². The topological polar surface area (TPSA) is 20.2 Å². The Balaban J connectivity index is 2.32. The zero-order chi connectivity index (χ0) is 3.58. The van der Waals surface area contributed by atoms with E-state index in [0.29, 0.717) is 0 Å². The number of hydrogen-bond donors (Lipinski definition) is 1. The van der Waals surface area contributed by atoms with E-state index in [1.165, 1.54) is 0 Å². The van der Waals surface area contributed by atoms with Crippen molar-refractivity contribution in [2.24, 2.45) is 0 Å². The first-order chi connectivity index (χ1) is 1.73. The van der Waals surface area contributed by atoms with Gasteiger partial charge >= 0.3 is 35.5 Å². The molecule has 0 aliphatic rings. The van der Waals surface area contributed by atoms with Gasteiger partial charge in [-0.3, -0.25) is 0 Å². The molecule has 4 heavy (non-hydrogen) atoms. The Kier molecular flexibility index (Phi) is 2.17. The third-order valence-electron chi connectivity index (χ3n) is 0. The van der Waals surface area contributed by atoms with Crippen LogP contribution >= 0.6 is 0 Å². The zero-order valence-electron chi connectivity index (χ0n) is 2.36. The summed E-state index contributed by atoms with van der Waals surface area (Å²) in [6.45, 7) is 1.72. The summed E-state index contributed by atoms with van der Waals surface area (Å²) >= 11 is 1.72. The second kappa shape index (κ2) is 1.89. The van der Waals surface area contributed by atoms with E-state index in [1.54, 1.807) is 25.8 Å². The molecule has 0 heterocycles. The van der Waals surface area contributed by atoms with Gasteiger partial charge in [-0.2, -0.15) is 0 Å². The molecule has 0 aromatic carbocycles. The van der Waals surface area contributed by atoms with Crippen LogP contribution in [0.3, 0.4) is 0 Å². The fourth-order valence-electron chi connectivity index (χ4n) is 0. The van der Waals surface area contributed by atoms with Crippen LogP contribution in [-0.2, 0) is 18.9 Å². The molecule has 0 fully saturated rings. The van der Waals surface area contributed by atoms with Gasteiger partial charge in [-0.1, -0.05) is 0 Å². The molecule has 1 nitrogen and oxygen atoms in total. The summed E-state index contributed by atoms with van der Waals surface area (Å²) in [7, 11) is 0. The van der Waals surface area contributed by atoms with Gasteiger partial charge in [0.05, 0.1) is 0 Å². The van der Waals surface area contributed by atoms with Gasteiger partial charge in [0.15, 0.2) is 0 Å². The molecule has 1 N–H and O–H groups in total. The van der Waals surface area contributed by atoms with Crippen LogP contribution in [0.5, 0.6) is 0 Å². The van der Waals surface area contributed by atoms with E-state index >= 15 is 0 Å². The third kappa shape index (κ3) is 18.2. The first-order valence-corrected chi connectivity index (χ1v) is 2.41. The Hall–Kier alpha value is 0.609. The van der Waals surface area contributed by atoms with Crippen molar-refractivity contribution in [1.82, 2.24) is 0 Å². The first kappa shape index (κ1) is 4.61. The molecule has 0 saturated carbocycles. The van der Waals surface area contributed by atoms with Gasteiger partial charge in [0.25, 0.3) is 0 Å². The second-order valence-electron chi connectivity index (χ2n) is 0.537. The number of hydrogen-bond acceptors (Lipinski definition) is 1. The Morgan fingerprint density at radius 3 is 2.00 bits per heavy atom. The van der Waals surface area contributed by atoms with Crippen LogP contribution in [0.4, 0.5) is 0 Å². The van der Waals surface area contributed by atoms with E-state index in [0.717, 1.165) is 0 Å². The summed E-state index contributed by atoms with van der Waals surface area (Å²) in [6.07, 6.45) is 0. The fraction of sp³-hybridized carbons (Fsp3) is 1.00. The molecule has 0 rings (SSSR count). The maximum absolute atomic E-state index is 8.06. The van der Waals surface area contributed by atoms with Crippen LogP contribution < -0.4 is 0 Å². The van der Waals surface area contributed by atoms with Crippen molar-refractivity contribution in [2.45, 2.75) is 11.5 Å². The minimum absolute atomic E-state index is 0.167. The molecule has 0 aromatic rings. The Morgan fingerprint density at radius 1 is 2.00 bits per heavy atom. The molecule has 0 radical (unpaired) electrons. The van der Waals surface area contributed by atoms with Gasteiger partial charge in [-0.05, 0) is 0 Å². The molecule has 0 aliphatic heterocycles. The third-order valence-corrected chi connectivity index (χ3v) is 0. The normalized spacial score (nSPS) is 16.0. The van der Waals surface area contributed by atoms with Crippen LogP contribution in [0, 0.1) is 0 Å². The van der Waals surface area contributed by atoms with Gasteiger partial charge in [-0.25, -0.2) is 0 Å². The van der Waals surface area contributed by atoms with Crippen molar-refractivity contribution in [3.05, 3.63) is 0 Å². The monoisotopic (exact) mass is 238 g/mol. The number of rotatable bonds is 0. The van der Waals surface area contributed by atoms with Crippen LogP contribution in [0.2, 0.25) is 0 Å². The molecule has 0 bridgehead atoms. The first-order valence-electron chi connectivity index (χ1n) is 1.03. The Labute approximate surface area is 36.2 Å². The molecule has 0 saturated heterocycles. The fourth-order valence-corrected chi connectivity index (χ4v) is 0. The van der Waals surface area contributed by atoms with Crippen molar-refractivity contribution in [3.63, 3.8) is 0 Å². The van der Waals surface area contributed by atoms with Crippen LogP contribution in [0.25, 0.3) is 0 Å². The Bertz CT molecular complexity index is 10.8. The predicted molar refractivity (Wildman–Crippen MR) is 11.7 cm³/mol. The molecule has 1 unspecified atom stereocenters. The predicted octanol–water partition coefficient (Wildman–Crippen LogP) is -0.129. The molecule has 1 atom stereocenters. The van der Waals surface area contributed by atoms with Gasteiger partial charge in [0.1, 0.15) is 0 Å². The number of aliphatic hydroxyl groups is 1.